The van der Waals surface area contributed by atoms with Crippen LogP contribution in [0.3, 0.4) is 0 Å². The van der Waals surface area contributed by atoms with Gasteiger partial charge in [-0.15, -0.1) is 0 Å². The predicted molar refractivity (Wildman–Crippen MR) is 126 cm³/mol. The van der Waals surface area contributed by atoms with Crippen LogP contribution in [0.4, 0.5) is 5.69 Å². The number of methoxy groups -OCH3 is 1. The van der Waals surface area contributed by atoms with Gasteiger partial charge in [-0.05, 0) is 56.6 Å². The molecule has 0 spiro atoms. The van der Waals surface area contributed by atoms with Gasteiger partial charge >= 0.3 is 0 Å². The average molecular weight is 442 g/mol. The first-order valence-corrected chi connectivity index (χ1v) is 12.4. The van der Waals surface area contributed by atoms with Crippen LogP contribution in [0.25, 0.3) is 0 Å². The number of anilines is 1. The summed E-state index contributed by atoms with van der Waals surface area (Å²) in [5.41, 5.74) is 1.96. The van der Waals surface area contributed by atoms with Gasteiger partial charge in [0.1, 0.15) is 6.61 Å². The van der Waals surface area contributed by atoms with Crippen molar-refractivity contribution in [1.82, 2.24) is 9.80 Å². The van der Waals surface area contributed by atoms with Crippen molar-refractivity contribution < 1.29 is 14.3 Å². The SMILES string of the molecule is COCC(=O)N1CCCN(C(C)C)CCN(C(=O)C2C3CCCCC32)Cc2ccccc21. The number of para-hydroxylation sites is 1. The molecule has 4 rings (SSSR count). The van der Waals surface area contributed by atoms with Gasteiger partial charge in [-0.25, -0.2) is 0 Å². The first kappa shape index (κ1) is 23.2. The van der Waals surface area contributed by atoms with Crippen molar-refractivity contribution in [3.63, 3.8) is 0 Å². The van der Waals surface area contributed by atoms with E-state index in [2.05, 4.69) is 29.7 Å². The number of carbonyl (C=O) groups is 2. The Hall–Kier alpha value is -1.92. The third-order valence-corrected chi connectivity index (χ3v) is 7.68. The van der Waals surface area contributed by atoms with Gasteiger partial charge in [-0.1, -0.05) is 31.0 Å². The van der Waals surface area contributed by atoms with E-state index in [1.165, 1.54) is 25.7 Å². The van der Waals surface area contributed by atoms with E-state index in [4.69, 9.17) is 4.74 Å². The lowest BCUT2D eigenvalue weighted by molar-refractivity contribution is -0.134. The number of hydrogen-bond donors (Lipinski definition) is 0. The molecule has 0 radical (unpaired) electrons. The van der Waals surface area contributed by atoms with Crippen molar-refractivity contribution in [3.05, 3.63) is 29.8 Å². The molecule has 0 N–H and O–H groups in total. The van der Waals surface area contributed by atoms with Crippen molar-refractivity contribution in [2.45, 2.75) is 58.5 Å². The molecule has 2 atom stereocenters. The molecule has 0 bridgehead atoms. The lowest BCUT2D eigenvalue weighted by atomic mass is 10.0. The third-order valence-electron chi connectivity index (χ3n) is 7.68. The summed E-state index contributed by atoms with van der Waals surface area (Å²) >= 11 is 0. The minimum atomic E-state index is -0.0265. The van der Waals surface area contributed by atoms with Crippen LogP contribution in [-0.2, 0) is 20.9 Å². The Morgan fingerprint density at radius 1 is 1.00 bits per heavy atom. The van der Waals surface area contributed by atoms with Crippen molar-refractivity contribution in [1.29, 1.82) is 0 Å². The highest BCUT2D eigenvalue weighted by molar-refractivity contribution is 5.95. The topological polar surface area (TPSA) is 53.1 Å². The number of benzene rings is 1. The van der Waals surface area contributed by atoms with Gasteiger partial charge in [-0.2, -0.15) is 0 Å². The van der Waals surface area contributed by atoms with E-state index in [9.17, 15) is 9.59 Å². The summed E-state index contributed by atoms with van der Waals surface area (Å²) in [6.45, 7) is 8.24. The number of amides is 2. The smallest absolute Gasteiger partial charge is 0.252 e. The second kappa shape index (κ2) is 10.3. The van der Waals surface area contributed by atoms with Crippen LogP contribution in [0.5, 0.6) is 0 Å². The van der Waals surface area contributed by atoms with E-state index in [0.29, 0.717) is 36.9 Å². The maximum atomic E-state index is 13.7. The highest BCUT2D eigenvalue weighted by Crippen LogP contribution is 2.56. The number of ether oxygens (including phenoxy) is 1. The Bertz CT molecular complexity index is 799. The van der Waals surface area contributed by atoms with Crippen LogP contribution in [-0.4, -0.2) is 67.6 Å². The van der Waals surface area contributed by atoms with Crippen LogP contribution >= 0.6 is 0 Å². The zero-order valence-corrected chi connectivity index (χ0v) is 20.0. The lowest BCUT2D eigenvalue weighted by Crippen LogP contribution is -2.42. The second-order valence-electron chi connectivity index (χ2n) is 9.99. The first-order valence-electron chi connectivity index (χ1n) is 12.4. The van der Waals surface area contributed by atoms with Gasteiger partial charge in [0.15, 0.2) is 0 Å². The van der Waals surface area contributed by atoms with Crippen molar-refractivity contribution >= 4 is 17.5 Å². The standard InChI is InChI=1S/C26H39N3O3/c1-19(2)27-13-8-14-29(24(30)18-32-3)23-12-7-4-9-20(23)17-28(16-15-27)26(31)25-21-10-5-6-11-22(21)25/h4,7,9,12,19,21-22,25H,5-6,8,10-11,13-18H2,1-3H3. The van der Waals surface area contributed by atoms with Crippen molar-refractivity contribution in [3.8, 4) is 0 Å². The maximum absolute atomic E-state index is 13.7. The van der Waals surface area contributed by atoms with Crippen LogP contribution in [0, 0.1) is 17.8 Å². The molecule has 2 amide bonds. The van der Waals surface area contributed by atoms with E-state index in [-0.39, 0.29) is 18.4 Å². The molecule has 3 aliphatic rings. The van der Waals surface area contributed by atoms with Gasteiger partial charge in [0, 0.05) is 57.5 Å². The van der Waals surface area contributed by atoms with Crippen LogP contribution in [0.1, 0.15) is 51.5 Å². The predicted octanol–water partition coefficient (Wildman–Crippen LogP) is 3.54. The summed E-state index contributed by atoms with van der Waals surface area (Å²) in [5.74, 6) is 1.72. The summed E-state index contributed by atoms with van der Waals surface area (Å²) in [7, 11) is 1.56. The van der Waals surface area contributed by atoms with Crippen LogP contribution < -0.4 is 4.90 Å². The quantitative estimate of drug-likeness (QED) is 0.717. The molecule has 0 aromatic heterocycles. The second-order valence-corrected chi connectivity index (χ2v) is 9.99. The van der Waals surface area contributed by atoms with E-state index in [0.717, 1.165) is 37.3 Å². The zero-order chi connectivity index (χ0) is 22.7. The highest BCUT2D eigenvalue weighted by Gasteiger charge is 2.55. The molecular weight excluding hydrogens is 402 g/mol. The Morgan fingerprint density at radius 3 is 2.41 bits per heavy atom. The summed E-state index contributed by atoms with van der Waals surface area (Å²) in [4.78, 5) is 33.0. The number of rotatable bonds is 4. The Morgan fingerprint density at radius 2 is 1.72 bits per heavy atom. The fourth-order valence-corrected chi connectivity index (χ4v) is 5.84. The third kappa shape index (κ3) is 5.01. The normalized spacial score (nSPS) is 26.8. The van der Waals surface area contributed by atoms with Crippen LogP contribution in [0.15, 0.2) is 24.3 Å². The van der Waals surface area contributed by atoms with Crippen molar-refractivity contribution in [2.75, 3.05) is 44.8 Å². The lowest BCUT2D eigenvalue weighted by Gasteiger charge is -2.30. The van der Waals surface area contributed by atoms with Gasteiger partial charge < -0.3 is 14.5 Å². The molecule has 6 heteroatoms. The number of nitrogens with zero attached hydrogens (tertiary/aromatic N) is 3. The number of carbonyl (C=O) groups excluding carboxylic acids is 2. The molecule has 1 aromatic rings. The van der Waals surface area contributed by atoms with E-state index >= 15 is 0 Å². The Labute approximate surface area is 192 Å². The van der Waals surface area contributed by atoms with E-state index in [1.54, 1.807) is 7.11 Å². The van der Waals surface area contributed by atoms with Gasteiger partial charge in [0.25, 0.3) is 5.91 Å². The van der Waals surface area contributed by atoms with Gasteiger partial charge in [0.05, 0.1) is 0 Å². The molecule has 2 saturated carbocycles. The highest BCUT2D eigenvalue weighted by atomic mass is 16.5. The molecule has 1 aromatic carbocycles. The molecule has 2 aliphatic carbocycles. The summed E-state index contributed by atoms with van der Waals surface area (Å²) in [6.07, 6.45) is 5.85. The molecule has 2 unspecified atom stereocenters. The summed E-state index contributed by atoms with van der Waals surface area (Å²) < 4.78 is 5.17. The average Bonchev–Trinajstić information content (AvgIpc) is 3.52. The minimum absolute atomic E-state index is 0.0265. The minimum Gasteiger partial charge on any atom is -0.375 e. The largest absolute Gasteiger partial charge is 0.375 e. The maximum Gasteiger partial charge on any atom is 0.252 e. The molecular formula is C26H39N3O3. The monoisotopic (exact) mass is 441 g/mol. The molecule has 176 valence electrons. The molecule has 6 nitrogen and oxygen atoms in total. The van der Waals surface area contributed by atoms with E-state index in [1.807, 2.05) is 23.1 Å². The Kier molecular flexibility index (Phi) is 7.51. The fraction of sp³-hybridized carbons (Fsp3) is 0.692. The Balaban J connectivity index is 1.62. The zero-order valence-electron chi connectivity index (χ0n) is 20.0. The molecule has 2 fully saturated rings. The molecule has 1 aliphatic heterocycles. The van der Waals surface area contributed by atoms with Crippen molar-refractivity contribution in [2.24, 2.45) is 17.8 Å². The first-order chi connectivity index (χ1) is 15.5. The fourth-order valence-electron chi connectivity index (χ4n) is 5.84. The number of hydrogen-bond acceptors (Lipinski definition) is 4. The molecule has 1 heterocycles. The van der Waals surface area contributed by atoms with Gasteiger partial charge in [0.2, 0.25) is 5.91 Å². The summed E-state index contributed by atoms with van der Waals surface area (Å²) in [5, 5.41) is 0. The van der Waals surface area contributed by atoms with Crippen LogP contribution in [0.2, 0.25) is 0 Å². The molecule has 32 heavy (non-hydrogen) atoms. The molecule has 0 saturated heterocycles. The summed E-state index contributed by atoms with van der Waals surface area (Å²) in [6, 6.07) is 8.48. The van der Waals surface area contributed by atoms with E-state index < -0.39 is 0 Å². The number of fused-ring (bicyclic) bond motifs is 2. The van der Waals surface area contributed by atoms with Gasteiger partial charge in [-0.3, -0.25) is 14.5 Å².